The molecule has 6 heteroatoms. The highest BCUT2D eigenvalue weighted by molar-refractivity contribution is 6.23. The SMILES string of the molecule is CC(C)(C)N(C(=O)C1C(C)(C)C1(C)C)C1CC(=O)N(c2ccc(C#N)cc2)C1=O. The molecule has 0 spiro atoms. The molecule has 1 aliphatic heterocycles. The second kappa shape index (κ2) is 6.41. The molecule has 29 heavy (non-hydrogen) atoms. The molecule has 3 rings (SSSR count). The molecule has 1 heterocycles. The van der Waals surface area contributed by atoms with Crippen LogP contribution in [-0.2, 0) is 14.4 Å². The van der Waals surface area contributed by atoms with Gasteiger partial charge in [0.25, 0.3) is 5.91 Å². The summed E-state index contributed by atoms with van der Waals surface area (Å²) in [5.41, 5.74) is -0.0467. The molecule has 1 saturated carbocycles. The van der Waals surface area contributed by atoms with Gasteiger partial charge >= 0.3 is 0 Å². The van der Waals surface area contributed by atoms with Crippen molar-refractivity contribution in [3.63, 3.8) is 0 Å². The molecular formula is C23H29N3O3. The third-order valence-electron chi connectivity index (χ3n) is 6.92. The van der Waals surface area contributed by atoms with Gasteiger partial charge < -0.3 is 4.90 Å². The molecule has 1 aromatic rings. The summed E-state index contributed by atoms with van der Waals surface area (Å²) in [4.78, 5) is 42.3. The van der Waals surface area contributed by atoms with Crippen LogP contribution in [-0.4, -0.2) is 34.2 Å². The van der Waals surface area contributed by atoms with E-state index in [0.29, 0.717) is 11.3 Å². The first-order valence-corrected chi connectivity index (χ1v) is 9.95. The topological polar surface area (TPSA) is 81.5 Å². The van der Waals surface area contributed by atoms with Gasteiger partial charge in [-0.3, -0.25) is 14.4 Å². The minimum atomic E-state index is -0.821. The normalized spacial score (nSPS) is 23.1. The summed E-state index contributed by atoms with van der Waals surface area (Å²) in [6.45, 7) is 14.0. The maximum absolute atomic E-state index is 13.6. The van der Waals surface area contributed by atoms with E-state index in [9.17, 15) is 14.4 Å². The van der Waals surface area contributed by atoms with E-state index in [1.54, 1.807) is 29.2 Å². The Morgan fingerprint density at radius 3 is 2.03 bits per heavy atom. The highest BCUT2D eigenvalue weighted by Gasteiger charge is 2.70. The van der Waals surface area contributed by atoms with Crippen LogP contribution in [0.2, 0.25) is 0 Å². The van der Waals surface area contributed by atoms with Gasteiger partial charge in [0.2, 0.25) is 11.8 Å². The average molecular weight is 396 g/mol. The predicted molar refractivity (Wildman–Crippen MR) is 110 cm³/mol. The molecule has 0 bridgehead atoms. The first-order chi connectivity index (χ1) is 13.2. The zero-order valence-electron chi connectivity index (χ0n) is 18.2. The summed E-state index contributed by atoms with van der Waals surface area (Å²) in [6, 6.07) is 7.53. The maximum Gasteiger partial charge on any atom is 0.257 e. The van der Waals surface area contributed by atoms with Crippen molar-refractivity contribution in [2.24, 2.45) is 16.7 Å². The van der Waals surface area contributed by atoms with Gasteiger partial charge in [-0.2, -0.15) is 5.26 Å². The zero-order valence-corrected chi connectivity index (χ0v) is 18.2. The van der Waals surface area contributed by atoms with Crippen LogP contribution in [0.1, 0.15) is 60.5 Å². The number of hydrogen-bond donors (Lipinski definition) is 0. The maximum atomic E-state index is 13.6. The van der Waals surface area contributed by atoms with Gasteiger partial charge in [0.05, 0.1) is 23.7 Å². The van der Waals surface area contributed by atoms with Gasteiger partial charge in [-0.25, -0.2) is 4.90 Å². The fourth-order valence-electron chi connectivity index (χ4n) is 4.68. The number of anilines is 1. The number of benzene rings is 1. The van der Waals surface area contributed by atoms with Crippen LogP contribution in [0, 0.1) is 28.1 Å². The minimum absolute atomic E-state index is 0.0323. The van der Waals surface area contributed by atoms with Crippen molar-refractivity contribution in [3.05, 3.63) is 29.8 Å². The van der Waals surface area contributed by atoms with Crippen LogP contribution in [0.4, 0.5) is 5.69 Å². The third kappa shape index (κ3) is 3.13. The van der Waals surface area contributed by atoms with Gasteiger partial charge in [-0.1, -0.05) is 27.7 Å². The summed E-state index contributed by atoms with van der Waals surface area (Å²) >= 11 is 0. The lowest BCUT2D eigenvalue weighted by Gasteiger charge is -2.39. The van der Waals surface area contributed by atoms with Crippen molar-refractivity contribution in [3.8, 4) is 6.07 Å². The smallest absolute Gasteiger partial charge is 0.257 e. The Bertz CT molecular complexity index is 902. The lowest BCUT2D eigenvalue weighted by molar-refractivity contribution is -0.146. The van der Waals surface area contributed by atoms with Crippen molar-refractivity contribution < 1.29 is 14.4 Å². The Morgan fingerprint density at radius 2 is 1.62 bits per heavy atom. The number of hydrogen-bond acceptors (Lipinski definition) is 4. The van der Waals surface area contributed by atoms with Gasteiger partial charge in [0, 0.05) is 11.5 Å². The van der Waals surface area contributed by atoms with Crippen molar-refractivity contribution >= 4 is 23.4 Å². The molecule has 154 valence electrons. The van der Waals surface area contributed by atoms with Crippen LogP contribution in [0.5, 0.6) is 0 Å². The van der Waals surface area contributed by atoms with Crippen molar-refractivity contribution in [1.82, 2.24) is 4.90 Å². The molecule has 0 radical (unpaired) electrons. The minimum Gasteiger partial charge on any atom is -0.325 e. The summed E-state index contributed by atoms with van der Waals surface area (Å²) < 4.78 is 0. The van der Waals surface area contributed by atoms with Crippen molar-refractivity contribution in [2.75, 3.05) is 4.90 Å². The van der Waals surface area contributed by atoms with Crippen LogP contribution < -0.4 is 4.90 Å². The molecule has 1 aromatic carbocycles. The van der Waals surface area contributed by atoms with Crippen LogP contribution in [0.15, 0.2) is 24.3 Å². The molecule has 2 fully saturated rings. The van der Waals surface area contributed by atoms with Gasteiger partial charge in [0.1, 0.15) is 6.04 Å². The Labute approximate surface area is 172 Å². The fourth-order valence-corrected chi connectivity index (χ4v) is 4.68. The molecule has 1 atom stereocenters. The first-order valence-electron chi connectivity index (χ1n) is 9.95. The highest BCUT2D eigenvalue weighted by atomic mass is 16.2. The third-order valence-corrected chi connectivity index (χ3v) is 6.92. The number of nitriles is 1. The molecule has 1 saturated heterocycles. The van der Waals surface area contributed by atoms with E-state index < -0.39 is 11.6 Å². The Morgan fingerprint density at radius 1 is 1.10 bits per heavy atom. The molecule has 0 N–H and O–H groups in total. The van der Waals surface area contributed by atoms with E-state index in [4.69, 9.17) is 5.26 Å². The number of rotatable bonds is 3. The largest absolute Gasteiger partial charge is 0.325 e. The van der Waals surface area contributed by atoms with Gasteiger partial charge in [0.15, 0.2) is 0 Å². The number of carbonyl (C=O) groups excluding carboxylic acids is 3. The number of carbonyl (C=O) groups is 3. The molecular weight excluding hydrogens is 366 g/mol. The van der Waals surface area contributed by atoms with Crippen LogP contribution in [0.25, 0.3) is 0 Å². The summed E-state index contributed by atoms with van der Waals surface area (Å²) in [5.74, 6) is -0.985. The van der Waals surface area contributed by atoms with Gasteiger partial charge in [-0.15, -0.1) is 0 Å². The number of imide groups is 1. The molecule has 1 unspecified atom stereocenters. The average Bonchev–Trinajstić information content (AvgIpc) is 2.84. The number of amides is 3. The van der Waals surface area contributed by atoms with Crippen molar-refractivity contribution in [2.45, 2.75) is 66.5 Å². The number of nitrogens with zero attached hydrogens (tertiary/aromatic N) is 3. The summed E-state index contributed by atoms with van der Waals surface area (Å²) in [5, 5.41) is 8.96. The van der Waals surface area contributed by atoms with Crippen LogP contribution in [0.3, 0.4) is 0 Å². The molecule has 3 amide bonds. The monoisotopic (exact) mass is 395 g/mol. The fraction of sp³-hybridized carbons (Fsp3) is 0.565. The zero-order chi connectivity index (χ0) is 21.9. The van der Waals surface area contributed by atoms with E-state index in [2.05, 4.69) is 27.7 Å². The quantitative estimate of drug-likeness (QED) is 0.734. The van der Waals surface area contributed by atoms with E-state index in [0.717, 1.165) is 4.90 Å². The first kappa shape index (κ1) is 21.0. The Hall–Kier alpha value is -2.68. The summed E-state index contributed by atoms with van der Waals surface area (Å²) in [6.07, 6.45) is -0.0323. The molecule has 1 aliphatic carbocycles. The predicted octanol–water partition coefficient (Wildman–Crippen LogP) is 3.50. The second-order valence-corrected chi connectivity index (χ2v) is 10.2. The molecule has 2 aliphatic rings. The standard InChI is InChI=1S/C23H29N3O3/c1-21(2,3)26(20(29)18-22(4,5)23(18,6)7)16-12-17(27)25(19(16)28)15-10-8-14(13-24)9-11-15/h8-11,16,18H,12H2,1-7H3. The lowest BCUT2D eigenvalue weighted by Crippen LogP contribution is -2.55. The van der Waals surface area contributed by atoms with E-state index in [1.165, 1.54) is 0 Å². The second-order valence-electron chi connectivity index (χ2n) is 10.2. The molecule has 0 aromatic heterocycles. The Balaban J connectivity index is 1.94. The van der Waals surface area contributed by atoms with Crippen molar-refractivity contribution in [1.29, 1.82) is 5.26 Å². The molecule has 6 nitrogen and oxygen atoms in total. The van der Waals surface area contributed by atoms with Crippen LogP contribution >= 0.6 is 0 Å². The lowest BCUT2D eigenvalue weighted by atomic mass is 9.98. The van der Waals surface area contributed by atoms with Gasteiger partial charge in [-0.05, 0) is 55.9 Å². The van der Waals surface area contributed by atoms with E-state index >= 15 is 0 Å². The Kier molecular flexibility index (Phi) is 4.65. The summed E-state index contributed by atoms with van der Waals surface area (Å²) in [7, 11) is 0. The van der Waals surface area contributed by atoms with E-state index in [-0.39, 0.29) is 40.9 Å². The highest BCUT2D eigenvalue weighted by Crippen LogP contribution is 2.69. The van der Waals surface area contributed by atoms with E-state index in [1.807, 2.05) is 26.8 Å².